The molecule has 1 fully saturated rings. The molecular weight excluding hydrogens is 387 g/mol. The minimum Gasteiger partial charge on any atom is -0.399 e. The fraction of sp³-hybridized carbons (Fsp3) is 0.375. The van der Waals surface area contributed by atoms with Crippen LogP contribution in [0.2, 0.25) is 0 Å². The number of pyridine rings is 1. The number of benzene rings is 1. The van der Waals surface area contributed by atoms with Gasteiger partial charge in [-0.25, -0.2) is 9.97 Å². The summed E-state index contributed by atoms with van der Waals surface area (Å²) in [6, 6.07) is 12.3. The summed E-state index contributed by atoms with van der Waals surface area (Å²) in [6.07, 6.45) is 6.36. The van der Waals surface area contributed by atoms with Crippen LogP contribution in [-0.4, -0.2) is 39.8 Å². The van der Waals surface area contributed by atoms with Gasteiger partial charge in [0.2, 0.25) is 0 Å². The third-order valence-corrected chi connectivity index (χ3v) is 6.64. The molecule has 1 saturated heterocycles. The molecule has 0 bridgehead atoms. The molecule has 3 aromatic rings. The zero-order chi connectivity index (χ0) is 21.6. The first-order valence-corrected chi connectivity index (χ1v) is 10.8. The lowest BCUT2D eigenvalue weighted by molar-refractivity contribution is 0.00578. The Bertz CT molecular complexity index is 1090. The van der Waals surface area contributed by atoms with E-state index in [1.165, 1.54) is 11.1 Å². The number of aromatic nitrogens is 3. The number of rotatable bonds is 3. The Balaban J connectivity index is 1.46. The van der Waals surface area contributed by atoms with Gasteiger partial charge in [-0.2, -0.15) is 0 Å². The minimum absolute atomic E-state index is 0.0484. The normalized spacial score (nSPS) is 21.7. The Morgan fingerprint density at radius 3 is 2.58 bits per heavy atom. The van der Waals surface area contributed by atoms with Gasteiger partial charge in [0.25, 0.3) is 0 Å². The van der Waals surface area contributed by atoms with Gasteiger partial charge in [0, 0.05) is 30.7 Å². The predicted octanol–water partition coefficient (Wildman–Crippen LogP) is 3.07. The molecule has 0 radical (unpaired) electrons. The van der Waals surface area contributed by atoms with Gasteiger partial charge < -0.3 is 14.6 Å². The molecule has 158 valence electrons. The first-order valence-electron chi connectivity index (χ1n) is 10.8. The molecule has 31 heavy (non-hydrogen) atoms. The van der Waals surface area contributed by atoms with E-state index in [1.54, 1.807) is 6.20 Å². The van der Waals surface area contributed by atoms with E-state index in [0.29, 0.717) is 0 Å². The molecule has 1 unspecified atom stereocenters. The lowest BCUT2D eigenvalue weighted by Crippen LogP contribution is -2.41. The zero-order valence-corrected chi connectivity index (χ0v) is 18.4. The van der Waals surface area contributed by atoms with Crippen molar-refractivity contribution in [3.63, 3.8) is 0 Å². The quantitative estimate of drug-likeness (QED) is 0.665. The fourth-order valence-corrected chi connectivity index (χ4v) is 4.13. The molecule has 1 aromatic carbocycles. The molecule has 0 saturated carbocycles. The zero-order valence-electron chi connectivity index (χ0n) is 18.4. The first kappa shape index (κ1) is 20.3. The van der Waals surface area contributed by atoms with Crippen LogP contribution in [0.1, 0.15) is 50.7 Å². The van der Waals surface area contributed by atoms with Crippen molar-refractivity contribution >= 4 is 12.6 Å². The number of hydrogen-bond donors (Lipinski definition) is 1. The second-order valence-corrected chi connectivity index (χ2v) is 9.23. The standard InChI is InChI=1S/C24H27BN4O2/c1-23(2)24(3,4)31-25(30-23)18-7-8-19-16(14-18)9-12-27-21(19)22-28-13-10-20(29-22)17-6-5-11-26-15-17/h5-8,10-11,13-15,21,27H,9,12H2,1-4H3. The molecule has 6 nitrogen and oxygen atoms in total. The topological polar surface area (TPSA) is 69.2 Å². The van der Waals surface area contributed by atoms with Crippen LogP contribution in [0.25, 0.3) is 11.3 Å². The van der Waals surface area contributed by atoms with Crippen molar-refractivity contribution in [3.8, 4) is 11.3 Å². The summed E-state index contributed by atoms with van der Waals surface area (Å²) in [5.41, 5.74) is 4.71. The van der Waals surface area contributed by atoms with Crippen LogP contribution in [0.4, 0.5) is 0 Å². The van der Waals surface area contributed by atoms with Gasteiger partial charge in [-0.3, -0.25) is 4.98 Å². The van der Waals surface area contributed by atoms with Gasteiger partial charge in [-0.1, -0.05) is 18.2 Å². The molecule has 2 aliphatic rings. The van der Waals surface area contributed by atoms with Crippen molar-refractivity contribution in [2.45, 2.75) is 51.4 Å². The number of nitrogens with zero attached hydrogens (tertiary/aromatic N) is 3. The third-order valence-electron chi connectivity index (χ3n) is 6.64. The van der Waals surface area contributed by atoms with E-state index >= 15 is 0 Å². The Morgan fingerprint density at radius 1 is 1.03 bits per heavy atom. The summed E-state index contributed by atoms with van der Waals surface area (Å²) in [5.74, 6) is 0.769. The summed E-state index contributed by atoms with van der Waals surface area (Å²) in [5, 5.41) is 3.58. The van der Waals surface area contributed by atoms with Gasteiger partial charge in [0.15, 0.2) is 0 Å². The fourth-order valence-electron chi connectivity index (χ4n) is 4.13. The predicted molar refractivity (Wildman–Crippen MR) is 121 cm³/mol. The second kappa shape index (κ2) is 7.52. The van der Waals surface area contributed by atoms with Crippen LogP contribution in [0.5, 0.6) is 0 Å². The highest BCUT2D eigenvalue weighted by atomic mass is 16.7. The molecular formula is C24H27BN4O2. The summed E-state index contributed by atoms with van der Waals surface area (Å²) in [6.45, 7) is 9.19. The summed E-state index contributed by atoms with van der Waals surface area (Å²) in [4.78, 5) is 13.6. The largest absolute Gasteiger partial charge is 0.494 e. The Hall–Kier alpha value is -2.61. The number of fused-ring (bicyclic) bond motifs is 1. The minimum atomic E-state index is -0.353. The number of nitrogens with one attached hydrogen (secondary N) is 1. The molecule has 7 heteroatoms. The van der Waals surface area contributed by atoms with Crippen molar-refractivity contribution < 1.29 is 9.31 Å². The van der Waals surface area contributed by atoms with Gasteiger partial charge in [0.05, 0.1) is 22.9 Å². The van der Waals surface area contributed by atoms with Crippen LogP contribution in [-0.2, 0) is 15.7 Å². The summed E-state index contributed by atoms with van der Waals surface area (Å²) < 4.78 is 12.5. The van der Waals surface area contributed by atoms with Crippen LogP contribution in [0, 0.1) is 0 Å². The van der Waals surface area contributed by atoms with Crippen LogP contribution < -0.4 is 10.8 Å². The van der Waals surface area contributed by atoms with Gasteiger partial charge in [-0.05, 0) is 68.9 Å². The lowest BCUT2D eigenvalue weighted by Gasteiger charge is -2.32. The van der Waals surface area contributed by atoms with Gasteiger partial charge in [0.1, 0.15) is 5.82 Å². The second-order valence-electron chi connectivity index (χ2n) is 9.23. The van der Waals surface area contributed by atoms with Crippen LogP contribution >= 0.6 is 0 Å². The highest BCUT2D eigenvalue weighted by Gasteiger charge is 2.51. The maximum Gasteiger partial charge on any atom is 0.494 e. The van der Waals surface area contributed by atoms with E-state index in [1.807, 2.05) is 30.6 Å². The molecule has 2 aliphatic heterocycles. The first-order chi connectivity index (χ1) is 14.8. The highest BCUT2D eigenvalue weighted by molar-refractivity contribution is 6.62. The molecule has 0 spiro atoms. The van der Waals surface area contributed by atoms with E-state index < -0.39 is 0 Å². The van der Waals surface area contributed by atoms with E-state index in [2.05, 4.69) is 61.2 Å². The van der Waals surface area contributed by atoms with E-state index in [0.717, 1.165) is 35.5 Å². The van der Waals surface area contributed by atoms with Crippen LogP contribution in [0.3, 0.4) is 0 Å². The van der Waals surface area contributed by atoms with Gasteiger partial charge >= 0.3 is 7.12 Å². The Kier molecular flexibility index (Phi) is 4.92. The molecule has 0 aliphatic carbocycles. The SMILES string of the molecule is CC1(C)OB(c2ccc3c(c2)CCNC3c2nccc(-c3cccnc3)n2)OC1(C)C. The average molecular weight is 414 g/mol. The van der Waals surface area contributed by atoms with Gasteiger partial charge in [-0.15, -0.1) is 0 Å². The molecule has 2 aromatic heterocycles. The molecule has 1 atom stereocenters. The van der Waals surface area contributed by atoms with Crippen molar-refractivity contribution in [2.24, 2.45) is 0 Å². The maximum atomic E-state index is 6.25. The molecule has 0 amide bonds. The van der Waals surface area contributed by atoms with Crippen LogP contribution in [0.15, 0.2) is 55.0 Å². The van der Waals surface area contributed by atoms with E-state index in [4.69, 9.17) is 14.3 Å². The smallest absolute Gasteiger partial charge is 0.399 e. The molecule has 4 heterocycles. The monoisotopic (exact) mass is 414 g/mol. The van der Waals surface area contributed by atoms with Crippen molar-refractivity contribution in [2.75, 3.05) is 6.54 Å². The van der Waals surface area contributed by atoms with Crippen molar-refractivity contribution in [1.29, 1.82) is 0 Å². The summed E-state index contributed by atoms with van der Waals surface area (Å²) >= 11 is 0. The van der Waals surface area contributed by atoms with E-state index in [9.17, 15) is 0 Å². The third kappa shape index (κ3) is 3.67. The lowest BCUT2D eigenvalue weighted by atomic mass is 9.76. The molecule has 1 N–H and O–H groups in total. The average Bonchev–Trinajstić information content (AvgIpc) is 3.00. The van der Waals surface area contributed by atoms with Crippen molar-refractivity contribution in [1.82, 2.24) is 20.3 Å². The van der Waals surface area contributed by atoms with Crippen molar-refractivity contribution in [3.05, 3.63) is 71.9 Å². The number of hydrogen-bond acceptors (Lipinski definition) is 6. The maximum absolute atomic E-state index is 6.25. The molecule has 5 rings (SSSR count). The Morgan fingerprint density at radius 2 is 1.84 bits per heavy atom. The highest BCUT2D eigenvalue weighted by Crippen LogP contribution is 2.37. The van der Waals surface area contributed by atoms with E-state index in [-0.39, 0.29) is 24.4 Å². The Labute approximate surface area is 183 Å². The summed E-state index contributed by atoms with van der Waals surface area (Å²) in [7, 11) is -0.353.